The molecule has 1 aliphatic carbocycles. The van der Waals surface area contributed by atoms with E-state index in [1.807, 2.05) is 43.3 Å². The SMILES string of the molecule is CCc1oc2c(c1C(=O)c1cc(Cl)c(OC(=O)c3sc(-c4ccc(OCC(C)C)cc4)nc3C)c(Cl)c1)C=CCC2. The third-order valence-electron chi connectivity index (χ3n) is 6.59. The van der Waals surface area contributed by atoms with E-state index in [2.05, 4.69) is 18.8 Å². The fourth-order valence-electron chi connectivity index (χ4n) is 4.56. The van der Waals surface area contributed by atoms with E-state index in [9.17, 15) is 9.59 Å². The van der Waals surface area contributed by atoms with Crippen molar-refractivity contribution in [3.63, 3.8) is 0 Å². The molecule has 0 unspecified atom stereocenters. The van der Waals surface area contributed by atoms with Crippen molar-refractivity contribution in [3.05, 3.63) is 91.3 Å². The predicted octanol–water partition coefficient (Wildman–Crippen LogP) is 9.03. The number of hydrogen-bond acceptors (Lipinski definition) is 7. The zero-order chi connectivity index (χ0) is 29.3. The van der Waals surface area contributed by atoms with Crippen LogP contribution in [0.4, 0.5) is 0 Å². The average molecular weight is 611 g/mol. The van der Waals surface area contributed by atoms with E-state index in [1.165, 1.54) is 23.5 Å². The third-order valence-corrected chi connectivity index (χ3v) is 8.34. The lowest BCUT2D eigenvalue weighted by Crippen LogP contribution is -2.10. The Morgan fingerprint density at radius 3 is 2.49 bits per heavy atom. The van der Waals surface area contributed by atoms with Crippen molar-refractivity contribution >= 4 is 52.4 Å². The largest absolute Gasteiger partial charge is 0.493 e. The molecule has 0 saturated heterocycles. The summed E-state index contributed by atoms with van der Waals surface area (Å²) in [5.41, 5.74) is 2.99. The number of halogens is 2. The number of carbonyl (C=O) groups is 2. The van der Waals surface area contributed by atoms with Gasteiger partial charge >= 0.3 is 5.97 Å². The molecule has 0 bridgehead atoms. The van der Waals surface area contributed by atoms with Gasteiger partial charge in [-0.2, -0.15) is 0 Å². The molecule has 5 rings (SSSR count). The van der Waals surface area contributed by atoms with Gasteiger partial charge in [-0.25, -0.2) is 9.78 Å². The van der Waals surface area contributed by atoms with Gasteiger partial charge in [0.05, 0.1) is 27.9 Å². The van der Waals surface area contributed by atoms with Crippen LogP contribution in [-0.2, 0) is 12.8 Å². The van der Waals surface area contributed by atoms with E-state index in [0.717, 1.165) is 35.5 Å². The molecule has 212 valence electrons. The minimum Gasteiger partial charge on any atom is -0.493 e. The van der Waals surface area contributed by atoms with Crippen LogP contribution < -0.4 is 9.47 Å². The highest BCUT2D eigenvalue weighted by atomic mass is 35.5. The Kier molecular flexibility index (Phi) is 8.68. The second-order valence-electron chi connectivity index (χ2n) is 10.2. The van der Waals surface area contributed by atoms with Crippen LogP contribution in [0, 0.1) is 12.8 Å². The molecule has 0 N–H and O–H groups in total. The van der Waals surface area contributed by atoms with E-state index >= 15 is 0 Å². The van der Waals surface area contributed by atoms with Crippen LogP contribution in [0.3, 0.4) is 0 Å². The second-order valence-corrected chi connectivity index (χ2v) is 12.0. The summed E-state index contributed by atoms with van der Waals surface area (Å²) in [7, 11) is 0. The number of ketones is 1. The van der Waals surface area contributed by atoms with Crippen LogP contribution in [0.25, 0.3) is 16.6 Å². The monoisotopic (exact) mass is 609 g/mol. The summed E-state index contributed by atoms with van der Waals surface area (Å²) in [6, 6.07) is 10.5. The summed E-state index contributed by atoms with van der Waals surface area (Å²) >= 11 is 14.2. The standard InChI is InChI=1S/C32H29Cl2NO5S/c1-5-25-27(22-8-6-7-9-26(22)39-25)28(36)20-14-23(33)29(24(34)15-20)40-32(37)30-18(4)35-31(41-30)19-10-12-21(13-11-19)38-16-17(2)3/h6,8,10-15,17H,5,7,9,16H2,1-4H3. The van der Waals surface area contributed by atoms with Crippen molar-refractivity contribution < 1.29 is 23.5 Å². The zero-order valence-corrected chi connectivity index (χ0v) is 25.5. The Balaban J connectivity index is 1.35. The van der Waals surface area contributed by atoms with Crippen molar-refractivity contribution in [2.75, 3.05) is 6.61 Å². The molecule has 0 atom stereocenters. The molecule has 41 heavy (non-hydrogen) atoms. The summed E-state index contributed by atoms with van der Waals surface area (Å²) in [5, 5.41) is 0.784. The van der Waals surface area contributed by atoms with Gasteiger partial charge in [0.15, 0.2) is 11.5 Å². The van der Waals surface area contributed by atoms with Gasteiger partial charge in [0.2, 0.25) is 0 Å². The van der Waals surface area contributed by atoms with Crippen molar-refractivity contribution in [1.82, 2.24) is 4.98 Å². The summed E-state index contributed by atoms with van der Waals surface area (Å²) in [4.78, 5) is 31.6. The first-order valence-electron chi connectivity index (χ1n) is 13.4. The van der Waals surface area contributed by atoms with Gasteiger partial charge < -0.3 is 13.9 Å². The first-order valence-corrected chi connectivity index (χ1v) is 15.0. The molecule has 0 saturated carbocycles. The summed E-state index contributed by atoms with van der Waals surface area (Å²) < 4.78 is 17.3. The normalized spacial score (nSPS) is 12.5. The molecule has 2 heterocycles. The number of furan rings is 1. The number of aryl methyl sites for hydroxylation is 3. The molecule has 1 aliphatic rings. The molecule has 0 radical (unpaired) electrons. The molecule has 0 amide bonds. The number of carbonyl (C=O) groups excluding carboxylic acids is 2. The van der Waals surface area contributed by atoms with E-state index in [-0.39, 0.29) is 27.1 Å². The Bertz CT molecular complexity index is 1630. The molecule has 0 fully saturated rings. The lowest BCUT2D eigenvalue weighted by Gasteiger charge is -2.11. The number of benzene rings is 2. The maximum atomic E-state index is 13.6. The number of thiazole rings is 1. The molecule has 9 heteroatoms. The molecule has 4 aromatic rings. The van der Waals surface area contributed by atoms with Gasteiger partial charge in [0.25, 0.3) is 0 Å². The van der Waals surface area contributed by atoms with E-state index < -0.39 is 5.97 Å². The van der Waals surface area contributed by atoms with Crippen molar-refractivity contribution in [2.24, 2.45) is 5.92 Å². The summed E-state index contributed by atoms with van der Waals surface area (Å²) in [6.45, 7) is 8.50. The Morgan fingerprint density at radius 1 is 1.12 bits per heavy atom. The van der Waals surface area contributed by atoms with Crippen LogP contribution in [0.15, 0.2) is 46.9 Å². The topological polar surface area (TPSA) is 78.6 Å². The smallest absolute Gasteiger partial charge is 0.355 e. The van der Waals surface area contributed by atoms with Gasteiger partial charge in [-0.3, -0.25) is 4.79 Å². The highest BCUT2D eigenvalue weighted by Crippen LogP contribution is 2.38. The van der Waals surface area contributed by atoms with Crippen LogP contribution in [0.5, 0.6) is 11.5 Å². The van der Waals surface area contributed by atoms with Gasteiger partial charge in [0.1, 0.15) is 27.2 Å². The number of fused-ring (bicyclic) bond motifs is 1. The van der Waals surface area contributed by atoms with Crippen molar-refractivity contribution in [3.8, 4) is 22.1 Å². The summed E-state index contributed by atoms with van der Waals surface area (Å²) in [5.74, 6) is 1.75. The number of nitrogens with zero attached hydrogens (tertiary/aromatic N) is 1. The van der Waals surface area contributed by atoms with Gasteiger partial charge in [-0.05, 0) is 55.7 Å². The Morgan fingerprint density at radius 2 is 1.83 bits per heavy atom. The van der Waals surface area contributed by atoms with Gasteiger partial charge in [0, 0.05) is 29.5 Å². The van der Waals surface area contributed by atoms with Gasteiger partial charge in [-0.1, -0.05) is 56.1 Å². The lowest BCUT2D eigenvalue weighted by atomic mass is 9.94. The number of allylic oxidation sites excluding steroid dienone is 1. The quantitative estimate of drug-likeness (QED) is 0.107. The Labute approximate surface area is 252 Å². The van der Waals surface area contributed by atoms with Crippen molar-refractivity contribution in [1.29, 1.82) is 0 Å². The lowest BCUT2D eigenvalue weighted by molar-refractivity contribution is 0.0739. The Hall–Kier alpha value is -3.39. The van der Waals surface area contributed by atoms with E-state index in [0.29, 0.717) is 45.8 Å². The fraction of sp³-hybridized carbons (Fsp3) is 0.281. The average Bonchev–Trinajstić information content (AvgIpc) is 3.54. The van der Waals surface area contributed by atoms with Crippen LogP contribution in [0.2, 0.25) is 10.0 Å². The number of ether oxygens (including phenoxy) is 2. The molecule has 2 aromatic heterocycles. The molecular formula is C32H29Cl2NO5S. The maximum absolute atomic E-state index is 13.6. The minimum absolute atomic E-state index is 0.0132. The van der Waals surface area contributed by atoms with E-state index in [1.54, 1.807) is 6.92 Å². The van der Waals surface area contributed by atoms with Crippen molar-refractivity contribution in [2.45, 2.75) is 47.0 Å². The molecule has 0 spiro atoms. The molecule has 0 aliphatic heterocycles. The fourth-order valence-corrected chi connectivity index (χ4v) is 6.07. The molecule has 2 aromatic carbocycles. The number of rotatable bonds is 9. The zero-order valence-electron chi connectivity index (χ0n) is 23.2. The maximum Gasteiger partial charge on any atom is 0.355 e. The summed E-state index contributed by atoms with van der Waals surface area (Å²) in [6.07, 6.45) is 6.15. The van der Waals surface area contributed by atoms with Crippen LogP contribution in [-0.4, -0.2) is 23.3 Å². The second kappa shape index (κ2) is 12.2. The highest BCUT2D eigenvalue weighted by molar-refractivity contribution is 7.17. The third kappa shape index (κ3) is 6.13. The van der Waals surface area contributed by atoms with Gasteiger partial charge in [-0.15, -0.1) is 11.3 Å². The molecule has 6 nitrogen and oxygen atoms in total. The predicted molar refractivity (Wildman–Crippen MR) is 163 cm³/mol. The highest BCUT2D eigenvalue weighted by Gasteiger charge is 2.27. The van der Waals surface area contributed by atoms with E-state index in [4.69, 9.17) is 37.1 Å². The minimum atomic E-state index is -0.631. The number of hydrogen-bond donors (Lipinski definition) is 0. The number of esters is 1. The molecular weight excluding hydrogens is 581 g/mol. The van der Waals surface area contributed by atoms with Crippen LogP contribution >= 0.6 is 34.5 Å². The first kappa shape index (κ1) is 29.1. The first-order chi connectivity index (χ1) is 19.7. The van der Waals surface area contributed by atoms with Crippen LogP contribution in [0.1, 0.15) is 75.6 Å². The number of aromatic nitrogens is 1.